The van der Waals surface area contributed by atoms with Crippen molar-refractivity contribution in [2.24, 2.45) is 0 Å². The lowest BCUT2D eigenvalue weighted by molar-refractivity contribution is -0.0268. The zero-order valence-electron chi connectivity index (χ0n) is 30.1. The second kappa shape index (κ2) is 39.3. The van der Waals surface area contributed by atoms with Crippen LogP contribution in [-0.4, -0.2) is 175 Å². The van der Waals surface area contributed by atoms with E-state index < -0.39 is 10.0 Å². The maximum atomic E-state index is 12.7. The summed E-state index contributed by atoms with van der Waals surface area (Å²) in [6, 6.07) is 0. The van der Waals surface area contributed by atoms with Crippen LogP contribution in [0.4, 0.5) is 0 Å². The summed E-state index contributed by atoms with van der Waals surface area (Å²) in [6.45, 7) is 14.4. The number of hydrogen-bond acceptors (Lipinski definition) is 13. The van der Waals surface area contributed by atoms with E-state index in [0.29, 0.717) is 145 Å². The van der Waals surface area contributed by atoms with Crippen molar-refractivity contribution in [1.82, 2.24) is 4.31 Å². The first-order valence-corrected chi connectivity index (χ1v) is 19.6. The number of nitrogens with zero attached hydrogens (tertiary/aromatic N) is 1. The summed E-state index contributed by atoms with van der Waals surface area (Å²) in [7, 11) is -3.24. The van der Waals surface area contributed by atoms with Crippen LogP contribution in [0.3, 0.4) is 0 Å². The molecule has 0 unspecified atom stereocenters. The van der Waals surface area contributed by atoms with Crippen molar-refractivity contribution in [2.75, 3.05) is 158 Å². The number of sulfonamides is 1. The molecule has 0 saturated heterocycles. The normalized spacial score (nSPS) is 12.1. The van der Waals surface area contributed by atoms with Crippen molar-refractivity contribution < 1.29 is 60.9 Å². The van der Waals surface area contributed by atoms with Crippen molar-refractivity contribution >= 4 is 10.0 Å². The number of aliphatic hydroxyl groups excluding tert-OH is 1. The molecule has 290 valence electrons. The molecule has 14 nitrogen and oxygen atoms in total. The monoisotopic (exact) mass is 719 g/mol. The molecular weight excluding hydrogens is 650 g/mol. The van der Waals surface area contributed by atoms with Crippen LogP contribution in [-0.2, 0) is 57.4 Å². The van der Waals surface area contributed by atoms with Gasteiger partial charge < -0.3 is 52.5 Å². The molecule has 48 heavy (non-hydrogen) atoms. The number of ether oxygens (including phenoxy) is 10. The van der Waals surface area contributed by atoms with Gasteiger partial charge in [-0.25, -0.2) is 8.42 Å². The van der Waals surface area contributed by atoms with E-state index in [1.54, 1.807) is 4.31 Å². The number of hydrogen-bond donors (Lipinski definition) is 1. The highest BCUT2D eigenvalue weighted by Gasteiger charge is 2.20. The summed E-state index contributed by atoms with van der Waals surface area (Å²) in [6.07, 6.45) is 7.17. The van der Waals surface area contributed by atoms with E-state index in [0.717, 1.165) is 25.7 Å². The van der Waals surface area contributed by atoms with Crippen LogP contribution in [0.1, 0.15) is 58.8 Å². The lowest BCUT2D eigenvalue weighted by atomic mass is 10.1. The first-order valence-electron chi connectivity index (χ1n) is 17.9. The van der Waals surface area contributed by atoms with E-state index >= 15 is 0 Å². The third-order valence-corrected chi connectivity index (χ3v) is 8.65. The van der Waals surface area contributed by atoms with Gasteiger partial charge in [-0.05, 0) is 12.8 Å². The highest BCUT2D eigenvalue weighted by atomic mass is 32.2. The third kappa shape index (κ3) is 35.3. The predicted molar refractivity (Wildman–Crippen MR) is 184 cm³/mol. The average molecular weight is 720 g/mol. The average Bonchev–Trinajstić information content (AvgIpc) is 3.08. The second-order valence-electron chi connectivity index (χ2n) is 10.8. The molecule has 0 rings (SSSR count). The van der Waals surface area contributed by atoms with Crippen LogP contribution in [0.15, 0.2) is 0 Å². The smallest absolute Gasteiger partial charge is 0.214 e. The van der Waals surface area contributed by atoms with Crippen molar-refractivity contribution in [3.8, 4) is 0 Å². The van der Waals surface area contributed by atoms with E-state index in [-0.39, 0.29) is 12.4 Å². The van der Waals surface area contributed by atoms with Crippen LogP contribution < -0.4 is 0 Å². The molecule has 0 heterocycles. The number of aliphatic hydroxyl groups is 1. The Kier molecular flexibility index (Phi) is 38.8. The van der Waals surface area contributed by atoms with Gasteiger partial charge in [0.1, 0.15) is 0 Å². The van der Waals surface area contributed by atoms with Crippen LogP contribution in [0.5, 0.6) is 0 Å². The fourth-order valence-electron chi connectivity index (χ4n) is 4.15. The highest BCUT2D eigenvalue weighted by molar-refractivity contribution is 7.89. The van der Waals surface area contributed by atoms with Gasteiger partial charge in [0, 0.05) is 13.1 Å². The largest absolute Gasteiger partial charge is 0.394 e. The zero-order valence-corrected chi connectivity index (χ0v) is 30.9. The predicted octanol–water partition coefficient (Wildman–Crippen LogP) is 2.55. The van der Waals surface area contributed by atoms with Crippen molar-refractivity contribution in [3.05, 3.63) is 0 Å². The maximum Gasteiger partial charge on any atom is 0.214 e. The Bertz CT molecular complexity index is 722. The highest BCUT2D eigenvalue weighted by Crippen LogP contribution is 2.10. The first-order chi connectivity index (χ1) is 23.6. The summed E-state index contributed by atoms with van der Waals surface area (Å²) in [4.78, 5) is 0. The molecule has 0 aromatic heterocycles. The number of unbranched alkanes of at least 4 members (excludes halogenated alkanes) is 5. The Morgan fingerprint density at radius 3 is 1.04 bits per heavy atom. The Morgan fingerprint density at radius 1 is 0.396 bits per heavy atom. The molecule has 1 N–H and O–H groups in total. The minimum atomic E-state index is -3.24. The fraction of sp³-hybridized carbons (Fsp3) is 1.00. The van der Waals surface area contributed by atoms with Crippen molar-refractivity contribution in [2.45, 2.75) is 58.8 Å². The molecular formula is C33H69NO13S. The molecule has 0 aliphatic heterocycles. The maximum absolute atomic E-state index is 12.7. The van der Waals surface area contributed by atoms with Gasteiger partial charge in [0.25, 0.3) is 0 Å². The van der Waals surface area contributed by atoms with Gasteiger partial charge in [0.05, 0.1) is 144 Å². The van der Waals surface area contributed by atoms with E-state index in [1.807, 2.05) is 6.92 Å². The molecule has 0 aliphatic rings. The van der Waals surface area contributed by atoms with Gasteiger partial charge in [0.15, 0.2) is 0 Å². The molecule has 0 radical (unpaired) electrons. The fourth-order valence-corrected chi connectivity index (χ4v) is 5.79. The topological polar surface area (TPSA) is 150 Å². The Morgan fingerprint density at radius 2 is 0.708 bits per heavy atom. The van der Waals surface area contributed by atoms with Gasteiger partial charge in [-0.3, -0.25) is 0 Å². The van der Waals surface area contributed by atoms with Crippen molar-refractivity contribution in [1.29, 1.82) is 0 Å². The molecule has 0 amide bonds. The van der Waals surface area contributed by atoms with E-state index in [9.17, 15) is 8.42 Å². The molecule has 0 atom stereocenters. The summed E-state index contributed by atoms with van der Waals surface area (Å²) < 4.78 is 81.3. The summed E-state index contributed by atoms with van der Waals surface area (Å²) in [5.41, 5.74) is 0. The van der Waals surface area contributed by atoms with E-state index in [1.165, 1.54) is 19.3 Å². The second-order valence-corrected chi connectivity index (χ2v) is 12.9. The molecule has 0 fully saturated rings. The molecule has 0 bridgehead atoms. The Hall–Kier alpha value is -0.530. The molecule has 15 heteroatoms. The number of rotatable bonds is 42. The zero-order chi connectivity index (χ0) is 35.1. The minimum absolute atomic E-state index is 0.0210. The van der Waals surface area contributed by atoms with Gasteiger partial charge in [-0.2, -0.15) is 4.31 Å². The lowest BCUT2D eigenvalue weighted by Gasteiger charge is -2.21. The first kappa shape index (κ1) is 47.5. The summed E-state index contributed by atoms with van der Waals surface area (Å²) >= 11 is 0. The Balaban J connectivity index is 3.36. The molecule has 0 aromatic carbocycles. The van der Waals surface area contributed by atoms with Gasteiger partial charge in [0.2, 0.25) is 10.0 Å². The molecule has 0 spiro atoms. The van der Waals surface area contributed by atoms with E-state index in [4.69, 9.17) is 52.5 Å². The van der Waals surface area contributed by atoms with Crippen LogP contribution in [0.25, 0.3) is 0 Å². The molecule has 0 aromatic rings. The van der Waals surface area contributed by atoms with E-state index in [2.05, 4.69) is 6.92 Å². The van der Waals surface area contributed by atoms with Gasteiger partial charge in [-0.15, -0.1) is 0 Å². The summed E-state index contributed by atoms with van der Waals surface area (Å²) in [5, 5.41) is 8.58. The quantitative estimate of drug-likeness (QED) is 0.0922. The third-order valence-electron chi connectivity index (χ3n) is 6.69. The standard InChI is InChI=1S/C33H69NO13S/c1-3-5-6-7-8-9-33-48(36,37)34(10-4-2)11-13-38-15-17-40-19-21-42-23-25-44-27-29-46-31-32-47-30-28-45-26-24-43-22-20-41-18-16-39-14-12-35/h35H,3-33H2,1-2H3. The van der Waals surface area contributed by atoms with Crippen LogP contribution in [0, 0.1) is 0 Å². The van der Waals surface area contributed by atoms with Gasteiger partial charge >= 0.3 is 0 Å². The SMILES string of the molecule is CCCCCCCCS(=O)(=O)N(CCC)CCOCCOCCOCCOCCOCCOCCOCCOCCOCCOCCO. The van der Waals surface area contributed by atoms with Crippen LogP contribution in [0.2, 0.25) is 0 Å². The summed E-state index contributed by atoms with van der Waals surface area (Å²) in [5.74, 6) is 0.219. The molecule has 0 aliphatic carbocycles. The molecule has 0 saturated carbocycles. The Labute approximate surface area is 291 Å². The lowest BCUT2D eigenvalue weighted by Crippen LogP contribution is -2.36. The van der Waals surface area contributed by atoms with Gasteiger partial charge in [-0.1, -0.05) is 46.0 Å². The van der Waals surface area contributed by atoms with Crippen LogP contribution >= 0.6 is 0 Å². The minimum Gasteiger partial charge on any atom is -0.394 e. The van der Waals surface area contributed by atoms with Crippen molar-refractivity contribution in [3.63, 3.8) is 0 Å².